The van der Waals surface area contributed by atoms with E-state index in [1.165, 1.54) is 23.9 Å². The maximum absolute atomic E-state index is 10.9. The van der Waals surface area contributed by atoms with Crippen molar-refractivity contribution in [1.29, 1.82) is 0 Å². The maximum atomic E-state index is 10.9. The zero-order valence-electron chi connectivity index (χ0n) is 12.4. The number of hydrogen-bond donors (Lipinski definition) is 2. The monoisotopic (exact) mass is 332 g/mol. The van der Waals surface area contributed by atoms with Crippen LogP contribution in [0.15, 0.2) is 52.3 Å². The van der Waals surface area contributed by atoms with Crippen molar-refractivity contribution in [2.45, 2.75) is 29.2 Å². The predicted octanol–water partition coefficient (Wildman–Crippen LogP) is 3.53. The van der Waals surface area contributed by atoms with Gasteiger partial charge in [-0.05, 0) is 30.7 Å². The zero-order valence-corrected chi connectivity index (χ0v) is 13.2. The van der Waals surface area contributed by atoms with E-state index < -0.39 is 16.9 Å². The topological polar surface area (TPSA) is 106 Å². The number of aliphatic carboxylic acids is 1. The number of benzene rings is 2. The normalized spacial score (nSPS) is 11.9. The number of rotatable bonds is 6. The van der Waals surface area contributed by atoms with E-state index in [2.05, 4.69) is 0 Å². The largest absolute Gasteiger partial charge is 0.481 e. The van der Waals surface area contributed by atoms with Crippen LogP contribution >= 0.6 is 11.8 Å². The Labute approximate surface area is 137 Å². The second-order valence-electron chi connectivity index (χ2n) is 5.10. The van der Waals surface area contributed by atoms with Crippen LogP contribution < -0.4 is 5.73 Å². The fraction of sp³-hybridized carbons (Fsp3) is 0.188. The van der Waals surface area contributed by atoms with Gasteiger partial charge in [0.1, 0.15) is 0 Å². The van der Waals surface area contributed by atoms with E-state index in [-0.39, 0.29) is 12.1 Å². The Kier molecular flexibility index (Phi) is 5.36. The molecule has 120 valence electrons. The first-order valence-corrected chi connectivity index (χ1v) is 7.68. The SMILES string of the molecule is Cc1ccc(Sc2ccc([N+](=O)[O-])cc2C(N)CC(=O)O)cc1. The summed E-state index contributed by atoms with van der Waals surface area (Å²) in [6.45, 7) is 1.98. The molecular formula is C16H16N2O4S. The Morgan fingerprint density at radius 2 is 1.96 bits per heavy atom. The number of carboxylic acids is 1. The smallest absolute Gasteiger partial charge is 0.305 e. The van der Waals surface area contributed by atoms with Gasteiger partial charge in [0.2, 0.25) is 0 Å². The molecule has 0 spiro atoms. The zero-order chi connectivity index (χ0) is 17.0. The standard InChI is InChI=1S/C16H16N2O4S/c1-10-2-5-12(6-3-10)23-15-7-4-11(18(21)22)8-13(15)14(17)9-16(19)20/h2-8,14H,9,17H2,1H3,(H,19,20). The lowest BCUT2D eigenvalue weighted by atomic mass is 10.0. The molecule has 1 unspecified atom stereocenters. The summed E-state index contributed by atoms with van der Waals surface area (Å²) in [5.41, 5.74) is 7.41. The van der Waals surface area contributed by atoms with Gasteiger partial charge >= 0.3 is 5.97 Å². The van der Waals surface area contributed by atoms with E-state index in [1.54, 1.807) is 6.07 Å². The van der Waals surface area contributed by atoms with Gasteiger partial charge in [0.05, 0.1) is 11.3 Å². The van der Waals surface area contributed by atoms with Crippen LogP contribution in [0, 0.1) is 17.0 Å². The molecule has 3 N–H and O–H groups in total. The molecule has 2 aromatic carbocycles. The molecule has 0 heterocycles. The Bertz CT molecular complexity index is 731. The van der Waals surface area contributed by atoms with Crippen molar-refractivity contribution in [1.82, 2.24) is 0 Å². The van der Waals surface area contributed by atoms with E-state index in [1.807, 2.05) is 31.2 Å². The van der Waals surface area contributed by atoms with E-state index in [4.69, 9.17) is 10.8 Å². The fourth-order valence-corrected chi connectivity index (χ4v) is 3.05. The van der Waals surface area contributed by atoms with Gasteiger partial charge in [-0.2, -0.15) is 0 Å². The number of carboxylic acid groups (broad SMARTS) is 1. The first-order chi connectivity index (χ1) is 10.9. The van der Waals surface area contributed by atoms with Crippen LogP contribution in [0.1, 0.15) is 23.6 Å². The van der Waals surface area contributed by atoms with Gasteiger partial charge in [-0.3, -0.25) is 14.9 Å². The molecule has 23 heavy (non-hydrogen) atoms. The molecule has 0 saturated heterocycles. The number of hydrogen-bond acceptors (Lipinski definition) is 5. The average Bonchev–Trinajstić information content (AvgIpc) is 2.49. The number of carbonyl (C=O) groups is 1. The van der Waals surface area contributed by atoms with Crippen molar-refractivity contribution in [3.63, 3.8) is 0 Å². The summed E-state index contributed by atoms with van der Waals surface area (Å²) >= 11 is 1.40. The van der Waals surface area contributed by atoms with Crippen molar-refractivity contribution in [3.05, 3.63) is 63.7 Å². The van der Waals surface area contributed by atoms with Crippen molar-refractivity contribution >= 4 is 23.4 Å². The first-order valence-electron chi connectivity index (χ1n) is 6.87. The molecule has 0 bridgehead atoms. The first kappa shape index (κ1) is 17.0. The fourth-order valence-electron chi connectivity index (χ4n) is 2.06. The van der Waals surface area contributed by atoms with Gasteiger partial charge < -0.3 is 10.8 Å². The molecule has 0 saturated carbocycles. The maximum Gasteiger partial charge on any atom is 0.305 e. The lowest BCUT2D eigenvalue weighted by molar-refractivity contribution is -0.385. The quantitative estimate of drug-likeness (QED) is 0.619. The molecule has 7 heteroatoms. The molecule has 0 amide bonds. The van der Waals surface area contributed by atoms with Crippen LogP contribution in [0.3, 0.4) is 0 Å². The minimum Gasteiger partial charge on any atom is -0.481 e. The third-order valence-electron chi connectivity index (χ3n) is 3.25. The molecule has 2 rings (SSSR count). The summed E-state index contributed by atoms with van der Waals surface area (Å²) in [7, 11) is 0. The second-order valence-corrected chi connectivity index (χ2v) is 6.21. The summed E-state index contributed by atoms with van der Waals surface area (Å²) < 4.78 is 0. The average molecular weight is 332 g/mol. The van der Waals surface area contributed by atoms with Crippen LogP contribution in [-0.2, 0) is 4.79 Å². The molecule has 0 aliphatic heterocycles. The molecule has 6 nitrogen and oxygen atoms in total. The molecule has 0 aliphatic carbocycles. The van der Waals surface area contributed by atoms with E-state index in [0.29, 0.717) is 10.5 Å². The van der Waals surface area contributed by atoms with Gasteiger partial charge in [0.15, 0.2) is 0 Å². The molecule has 0 aliphatic rings. The highest BCUT2D eigenvalue weighted by Crippen LogP contribution is 2.35. The Morgan fingerprint density at radius 3 is 2.52 bits per heavy atom. The predicted molar refractivity (Wildman–Crippen MR) is 87.6 cm³/mol. The van der Waals surface area contributed by atoms with Crippen LogP contribution in [0.25, 0.3) is 0 Å². The molecule has 0 radical (unpaired) electrons. The van der Waals surface area contributed by atoms with Crippen LogP contribution in [-0.4, -0.2) is 16.0 Å². The number of non-ortho nitro benzene ring substituents is 1. The van der Waals surface area contributed by atoms with Crippen molar-refractivity contribution < 1.29 is 14.8 Å². The summed E-state index contributed by atoms with van der Waals surface area (Å²) in [6, 6.07) is 11.4. The van der Waals surface area contributed by atoms with E-state index >= 15 is 0 Å². The Morgan fingerprint density at radius 1 is 1.30 bits per heavy atom. The highest BCUT2D eigenvalue weighted by atomic mass is 32.2. The minimum atomic E-state index is -1.05. The summed E-state index contributed by atoms with van der Waals surface area (Å²) in [6.07, 6.45) is -0.289. The Balaban J connectivity index is 2.38. The van der Waals surface area contributed by atoms with E-state index in [0.717, 1.165) is 10.5 Å². The summed E-state index contributed by atoms with van der Waals surface area (Å²) in [4.78, 5) is 23.0. The lowest BCUT2D eigenvalue weighted by Crippen LogP contribution is -2.16. The number of aryl methyl sites for hydroxylation is 1. The number of nitrogens with zero attached hydrogens (tertiary/aromatic N) is 1. The van der Waals surface area contributed by atoms with Gasteiger partial charge in [0, 0.05) is 28.0 Å². The van der Waals surface area contributed by atoms with Crippen LogP contribution in [0.5, 0.6) is 0 Å². The highest BCUT2D eigenvalue weighted by Gasteiger charge is 2.19. The third-order valence-corrected chi connectivity index (χ3v) is 4.35. The lowest BCUT2D eigenvalue weighted by Gasteiger charge is -2.14. The van der Waals surface area contributed by atoms with Crippen molar-refractivity contribution in [3.8, 4) is 0 Å². The number of nitro groups is 1. The molecule has 2 aromatic rings. The molecular weight excluding hydrogens is 316 g/mol. The molecule has 0 aromatic heterocycles. The third kappa shape index (κ3) is 4.54. The van der Waals surface area contributed by atoms with Gasteiger partial charge in [-0.15, -0.1) is 0 Å². The van der Waals surface area contributed by atoms with Gasteiger partial charge in [-0.25, -0.2) is 0 Å². The number of nitro benzene ring substituents is 1. The van der Waals surface area contributed by atoms with Crippen LogP contribution in [0.2, 0.25) is 0 Å². The number of nitrogens with two attached hydrogens (primary N) is 1. The van der Waals surface area contributed by atoms with Crippen molar-refractivity contribution in [2.24, 2.45) is 5.73 Å². The highest BCUT2D eigenvalue weighted by molar-refractivity contribution is 7.99. The summed E-state index contributed by atoms with van der Waals surface area (Å²) in [5, 5.41) is 19.9. The Hall–Kier alpha value is -2.38. The minimum absolute atomic E-state index is 0.103. The van der Waals surface area contributed by atoms with Gasteiger partial charge in [-0.1, -0.05) is 29.5 Å². The second kappa shape index (κ2) is 7.26. The molecule has 1 atom stereocenters. The van der Waals surface area contributed by atoms with Crippen LogP contribution in [0.4, 0.5) is 5.69 Å². The summed E-state index contributed by atoms with van der Waals surface area (Å²) in [5.74, 6) is -1.05. The molecule has 0 fully saturated rings. The van der Waals surface area contributed by atoms with Gasteiger partial charge in [0.25, 0.3) is 5.69 Å². The van der Waals surface area contributed by atoms with E-state index in [9.17, 15) is 14.9 Å². The van der Waals surface area contributed by atoms with Crippen molar-refractivity contribution in [2.75, 3.05) is 0 Å².